The van der Waals surface area contributed by atoms with Crippen LogP contribution < -0.4 is 11.1 Å². The second kappa shape index (κ2) is 10.5. The minimum absolute atomic E-state index is 0.149. The van der Waals surface area contributed by atoms with E-state index in [1.54, 1.807) is 4.90 Å². The highest BCUT2D eigenvalue weighted by molar-refractivity contribution is 6.39. The Morgan fingerprint density at radius 3 is 2.55 bits per heavy atom. The highest BCUT2D eigenvalue weighted by Gasteiger charge is 2.32. The first-order valence-electron chi connectivity index (χ1n) is 11.3. The number of anilines is 1. The van der Waals surface area contributed by atoms with Crippen LogP contribution in [0.25, 0.3) is 0 Å². The smallest absolute Gasteiger partial charge is 0.313 e. The van der Waals surface area contributed by atoms with Gasteiger partial charge in [-0.2, -0.15) is 0 Å². The van der Waals surface area contributed by atoms with Crippen LogP contribution in [0.3, 0.4) is 0 Å². The molecule has 3 N–H and O–H groups in total. The number of carbonyl (C=O) groups excluding carboxylic acids is 3. The SMILES string of the molecule is NC(=O)c1cncc(NC(=O)C(=O)N2CCCC[C@H]2c2ccc(CN3CCOCC3)cc2)c1. The molecule has 2 aromatic rings. The van der Waals surface area contributed by atoms with Crippen molar-refractivity contribution in [2.24, 2.45) is 5.73 Å². The molecule has 0 spiro atoms. The number of carbonyl (C=O) groups is 3. The van der Waals surface area contributed by atoms with Crippen molar-refractivity contribution in [3.05, 3.63) is 59.4 Å². The highest BCUT2D eigenvalue weighted by atomic mass is 16.5. The van der Waals surface area contributed by atoms with E-state index in [1.807, 2.05) is 0 Å². The largest absolute Gasteiger partial charge is 0.379 e. The number of aromatic nitrogens is 1. The van der Waals surface area contributed by atoms with Crippen molar-refractivity contribution in [2.45, 2.75) is 31.8 Å². The summed E-state index contributed by atoms with van der Waals surface area (Å²) in [7, 11) is 0. The molecule has 2 aliphatic heterocycles. The van der Waals surface area contributed by atoms with Gasteiger partial charge >= 0.3 is 11.8 Å². The monoisotopic (exact) mass is 451 g/mol. The fourth-order valence-corrected chi connectivity index (χ4v) is 4.34. The molecule has 1 aromatic heterocycles. The number of likely N-dealkylation sites (tertiary alicyclic amines) is 1. The van der Waals surface area contributed by atoms with Gasteiger partial charge in [0.15, 0.2) is 0 Å². The molecule has 3 amide bonds. The molecule has 9 nitrogen and oxygen atoms in total. The van der Waals surface area contributed by atoms with Gasteiger partial charge in [-0.15, -0.1) is 0 Å². The maximum absolute atomic E-state index is 13.0. The van der Waals surface area contributed by atoms with Gasteiger partial charge in [0.2, 0.25) is 5.91 Å². The fourth-order valence-electron chi connectivity index (χ4n) is 4.34. The van der Waals surface area contributed by atoms with Gasteiger partial charge in [-0.05, 0) is 36.5 Å². The lowest BCUT2D eigenvalue weighted by Gasteiger charge is -2.35. The lowest BCUT2D eigenvalue weighted by Crippen LogP contribution is -2.44. The maximum Gasteiger partial charge on any atom is 0.313 e. The molecule has 2 saturated heterocycles. The zero-order chi connectivity index (χ0) is 23.2. The molecule has 0 aliphatic carbocycles. The van der Waals surface area contributed by atoms with Gasteiger partial charge in [0.05, 0.1) is 36.7 Å². The van der Waals surface area contributed by atoms with Crippen molar-refractivity contribution < 1.29 is 19.1 Å². The quantitative estimate of drug-likeness (QED) is 0.668. The Morgan fingerprint density at radius 1 is 1.06 bits per heavy atom. The second-order valence-electron chi connectivity index (χ2n) is 8.42. The third-order valence-corrected chi connectivity index (χ3v) is 6.11. The lowest BCUT2D eigenvalue weighted by molar-refractivity contribution is -0.145. The van der Waals surface area contributed by atoms with E-state index in [9.17, 15) is 14.4 Å². The van der Waals surface area contributed by atoms with Crippen molar-refractivity contribution in [2.75, 3.05) is 38.2 Å². The summed E-state index contributed by atoms with van der Waals surface area (Å²) in [4.78, 5) is 44.9. The molecule has 2 aliphatic rings. The van der Waals surface area contributed by atoms with Gasteiger partial charge in [-0.25, -0.2) is 0 Å². The van der Waals surface area contributed by atoms with Crippen LogP contribution in [0, 0.1) is 0 Å². The molecule has 1 aromatic carbocycles. The van der Waals surface area contributed by atoms with E-state index in [2.05, 4.69) is 39.5 Å². The summed E-state index contributed by atoms with van der Waals surface area (Å²) in [5.74, 6) is -2.01. The first-order valence-corrected chi connectivity index (χ1v) is 11.3. The Balaban J connectivity index is 1.43. The van der Waals surface area contributed by atoms with Crippen LogP contribution in [0.2, 0.25) is 0 Å². The van der Waals surface area contributed by atoms with E-state index >= 15 is 0 Å². The Hall–Kier alpha value is -3.30. The summed E-state index contributed by atoms with van der Waals surface area (Å²) < 4.78 is 5.41. The molecule has 9 heteroatoms. The average Bonchev–Trinajstić information content (AvgIpc) is 2.85. The van der Waals surface area contributed by atoms with Gasteiger partial charge in [0.25, 0.3) is 0 Å². The van der Waals surface area contributed by atoms with Crippen LogP contribution in [-0.4, -0.2) is 65.4 Å². The van der Waals surface area contributed by atoms with Crippen LogP contribution in [0.1, 0.15) is 46.8 Å². The van der Waals surface area contributed by atoms with E-state index in [4.69, 9.17) is 10.5 Å². The lowest BCUT2D eigenvalue weighted by atomic mass is 9.94. The third kappa shape index (κ3) is 5.74. The van der Waals surface area contributed by atoms with Crippen LogP contribution in [0.15, 0.2) is 42.7 Å². The molecule has 0 saturated carbocycles. The number of hydrogen-bond donors (Lipinski definition) is 2. The maximum atomic E-state index is 13.0. The second-order valence-corrected chi connectivity index (χ2v) is 8.42. The van der Waals surface area contributed by atoms with Crippen molar-refractivity contribution in [1.82, 2.24) is 14.8 Å². The topological polar surface area (TPSA) is 118 Å². The molecular formula is C24H29N5O4. The van der Waals surface area contributed by atoms with E-state index in [0.29, 0.717) is 6.54 Å². The number of benzene rings is 1. The third-order valence-electron chi connectivity index (χ3n) is 6.11. The van der Waals surface area contributed by atoms with E-state index in [0.717, 1.165) is 57.7 Å². The van der Waals surface area contributed by atoms with Crippen molar-refractivity contribution in [3.8, 4) is 0 Å². The van der Waals surface area contributed by atoms with Gasteiger partial charge in [-0.1, -0.05) is 24.3 Å². The standard InChI is InChI=1S/C24H29N5O4/c25-22(30)19-13-20(15-26-14-19)27-23(31)24(32)29-8-2-1-3-21(29)18-6-4-17(5-7-18)16-28-9-11-33-12-10-28/h4-7,13-15,21H,1-3,8-12,16H2,(H2,25,30)(H,27,31)/t21-/m0/s1. The van der Waals surface area contributed by atoms with Crippen molar-refractivity contribution in [1.29, 1.82) is 0 Å². The summed E-state index contributed by atoms with van der Waals surface area (Å²) >= 11 is 0. The number of rotatable bonds is 5. The number of morpholine rings is 1. The number of nitrogens with two attached hydrogens (primary N) is 1. The van der Waals surface area contributed by atoms with Crippen LogP contribution in [0.4, 0.5) is 5.69 Å². The predicted octanol–water partition coefficient (Wildman–Crippen LogP) is 1.71. The highest BCUT2D eigenvalue weighted by Crippen LogP contribution is 2.31. The number of piperidine rings is 1. The molecule has 174 valence electrons. The average molecular weight is 452 g/mol. The van der Waals surface area contributed by atoms with Gasteiger partial charge < -0.3 is 20.7 Å². The van der Waals surface area contributed by atoms with Crippen LogP contribution in [-0.2, 0) is 20.9 Å². The molecule has 4 rings (SSSR count). The van der Waals surface area contributed by atoms with Gasteiger partial charge in [-0.3, -0.25) is 24.3 Å². The summed E-state index contributed by atoms with van der Waals surface area (Å²) in [5, 5.41) is 2.54. The van der Waals surface area contributed by atoms with Crippen LogP contribution >= 0.6 is 0 Å². The molecule has 3 heterocycles. The minimum Gasteiger partial charge on any atom is -0.379 e. The zero-order valence-corrected chi connectivity index (χ0v) is 18.5. The first kappa shape index (κ1) is 22.9. The Labute approximate surface area is 192 Å². The van der Waals surface area contributed by atoms with Gasteiger partial charge in [0, 0.05) is 32.4 Å². The van der Waals surface area contributed by atoms with E-state index < -0.39 is 17.7 Å². The number of ether oxygens (including phenoxy) is 1. The summed E-state index contributed by atoms with van der Waals surface area (Å²) in [5.41, 5.74) is 7.92. The summed E-state index contributed by atoms with van der Waals surface area (Å²) in [6.07, 6.45) is 5.34. The Morgan fingerprint density at radius 2 is 1.82 bits per heavy atom. The molecule has 33 heavy (non-hydrogen) atoms. The summed E-state index contributed by atoms with van der Waals surface area (Å²) in [6.45, 7) is 4.79. The zero-order valence-electron chi connectivity index (χ0n) is 18.5. The van der Waals surface area contributed by atoms with Gasteiger partial charge in [0.1, 0.15) is 0 Å². The number of hydrogen-bond acceptors (Lipinski definition) is 6. The van der Waals surface area contributed by atoms with E-state index in [1.165, 1.54) is 24.0 Å². The number of primary amides is 1. The van der Waals surface area contributed by atoms with E-state index in [-0.39, 0.29) is 17.3 Å². The number of amides is 3. The van der Waals surface area contributed by atoms with Crippen LogP contribution in [0.5, 0.6) is 0 Å². The molecule has 2 fully saturated rings. The fraction of sp³-hybridized carbons (Fsp3) is 0.417. The Kier molecular flexibility index (Phi) is 7.31. The molecule has 0 bridgehead atoms. The Bertz CT molecular complexity index is 1000. The van der Waals surface area contributed by atoms with Crippen molar-refractivity contribution in [3.63, 3.8) is 0 Å². The predicted molar refractivity (Wildman–Crippen MR) is 122 cm³/mol. The summed E-state index contributed by atoms with van der Waals surface area (Å²) in [6, 6.07) is 9.58. The number of nitrogens with one attached hydrogen (secondary N) is 1. The minimum atomic E-state index is -0.755. The van der Waals surface area contributed by atoms with Crippen molar-refractivity contribution >= 4 is 23.4 Å². The molecule has 0 unspecified atom stereocenters. The first-order chi connectivity index (χ1) is 16.0. The number of nitrogens with zero attached hydrogens (tertiary/aromatic N) is 3. The molecular weight excluding hydrogens is 422 g/mol. The molecule has 0 radical (unpaired) electrons. The molecule has 1 atom stereocenters. The number of pyridine rings is 1. The normalized spacial score (nSPS) is 19.2.